The Morgan fingerprint density at radius 2 is 2.21 bits per heavy atom. The fourth-order valence-electron chi connectivity index (χ4n) is 2.87. The molecule has 2 nitrogen and oxygen atoms in total. The Bertz CT molecular complexity index is 348. The first-order valence-electron chi connectivity index (χ1n) is 5.51. The summed E-state index contributed by atoms with van der Waals surface area (Å²) in [7, 11) is 2.30. The third-order valence-corrected chi connectivity index (χ3v) is 3.64. The lowest BCUT2D eigenvalue weighted by molar-refractivity contribution is -0.886. The van der Waals surface area contributed by atoms with Crippen LogP contribution in [0.15, 0.2) is 24.3 Å². The van der Waals surface area contributed by atoms with Crippen LogP contribution in [0, 0.1) is 0 Å². The third-order valence-electron chi connectivity index (χ3n) is 3.64. The summed E-state index contributed by atoms with van der Waals surface area (Å²) in [6.45, 7) is 2.59. The molecule has 2 heterocycles. The Hall–Kier alpha value is -1.02. The van der Waals surface area contributed by atoms with Crippen LogP contribution in [0.3, 0.4) is 0 Å². The highest BCUT2D eigenvalue weighted by Gasteiger charge is 2.37. The number of hydrogen-bond donors (Lipinski definition) is 2. The second kappa shape index (κ2) is 2.99. The van der Waals surface area contributed by atoms with Gasteiger partial charge in [-0.3, -0.25) is 0 Å². The molecule has 0 radical (unpaired) electrons. The van der Waals surface area contributed by atoms with Gasteiger partial charge in [-0.15, -0.1) is 0 Å². The number of nitrogens with one attached hydrogen (secondary N) is 2. The molecule has 0 spiro atoms. The number of likely N-dealkylation sites (N-methyl/N-ethyl adjacent to an activating group) is 1. The zero-order chi connectivity index (χ0) is 9.54. The number of para-hydroxylation sites is 1. The molecule has 1 aromatic rings. The minimum atomic E-state index is 0.705. The van der Waals surface area contributed by atoms with Gasteiger partial charge in [0.25, 0.3) is 0 Å². The highest BCUT2D eigenvalue weighted by Crippen LogP contribution is 2.36. The van der Waals surface area contributed by atoms with Crippen LogP contribution in [-0.4, -0.2) is 26.2 Å². The van der Waals surface area contributed by atoms with Crippen LogP contribution in [0.5, 0.6) is 0 Å². The summed E-state index contributed by atoms with van der Waals surface area (Å²) in [5.41, 5.74) is 2.91. The topological polar surface area (TPSA) is 16.5 Å². The zero-order valence-electron chi connectivity index (χ0n) is 8.59. The molecule has 14 heavy (non-hydrogen) atoms. The van der Waals surface area contributed by atoms with Gasteiger partial charge < -0.3 is 10.2 Å². The Kier molecular flexibility index (Phi) is 1.77. The first kappa shape index (κ1) is 8.30. The fourth-order valence-corrected chi connectivity index (χ4v) is 2.87. The lowest BCUT2D eigenvalue weighted by Gasteiger charge is -2.29. The maximum Gasteiger partial charge on any atom is 0.0859 e. The molecule has 3 atom stereocenters. The summed E-state index contributed by atoms with van der Waals surface area (Å²) < 4.78 is 0. The molecular formula is C12H17N2+. The molecule has 2 aliphatic rings. The molecule has 0 saturated carbocycles. The molecule has 1 aromatic carbocycles. The van der Waals surface area contributed by atoms with Crippen LogP contribution in [0.25, 0.3) is 0 Å². The number of quaternary nitrogens is 1. The van der Waals surface area contributed by atoms with Crippen LogP contribution in [0.2, 0.25) is 0 Å². The summed E-state index contributed by atoms with van der Waals surface area (Å²) in [5.74, 6) is 0.750. The molecule has 74 valence electrons. The molecule has 0 aliphatic carbocycles. The maximum absolute atomic E-state index is 3.64. The van der Waals surface area contributed by atoms with Gasteiger partial charge >= 0.3 is 0 Å². The smallest absolute Gasteiger partial charge is 0.0859 e. The molecule has 0 bridgehead atoms. The number of fused-ring (bicyclic) bond motifs is 3. The van der Waals surface area contributed by atoms with Crippen molar-refractivity contribution in [3.05, 3.63) is 29.8 Å². The average Bonchev–Trinajstić information content (AvgIpc) is 2.56. The lowest BCUT2D eigenvalue weighted by atomic mass is 9.90. The molecule has 1 fully saturated rings. The Morgan fingerprint density at radius 3 is 3.14 bits per heavy atom. The van der Waals surface area contributed by atoms with Gasteiger partial charge in [-0.25, -0.2) is 0 Å². The van der Waals surface area contributed by atoms with E-state index in [0.717, 1.165) is 5.92 Å². The van der Waals surface area contributed by atoms with Crippen LogP contribution < -0.4 is 10.2 Å². The zero-order valence-corrected chi connectivity index (χ0v) is 8.59. The molecule has 2 aliphatic heterocycles. The molecule has 0 aromatic heterocycles. The number of rotatable bonds is 0. The number of piperidine rings is 1. The van der Waals surface area contributed by atoms with Crippen molar-refractivity contribution in [1.82, 2.24) is 0 Å². The van der Waals surface area contributed by atoms with Gasteiger partial charge in [-0.2, -0.15) is 0 Å². The lowest BCUT2D eigenvalue weighted by Crippen LogP contribution is -3.11. The van der Waals surface area contributed by atoms with Crippen molar-refractivity contribution >= 4 is 5.69 Å². The number of benzene rings is 1. The standard InChI is InChI=1S/C12H16N2/c1-14-7-6-12-10(8-14)9-4-2-3-5-11(9)13-12/h2-5,10,12-13H,6-8H2,1H3/p+1/t10-,12+/m0/s1. The Morgan fingerprint density at radius 1 is 1.36 bits per heavy atom. The normalized spacial score (nSPS) is 34.5. The van der Waals surface area contributed by atoms with E-state index in [1.807, 2.05) is 0 Å². The van der Waals surface area contributed by atoms with Crippen molar-refractivity contribution in [2.24, 2.45) is 0 Å². The molecule has 2 N–H and O–H groups in total. The molecular weight excluding hydrogens is 172 g/mol. The van der Waals surface area contributed by atoms with Crippen molar-refractivity contribution in [3.8, 4) is 0 Å². The molecule has 2 heteroatoms. The summed E-state index contributed by atoms with van der Waals surface area (Å²) in [5, 5.41) is 3.64. The summed E-state index contributed by atoms with van der Waals surface area (Å²) in [4.78, 5) is 1.67. The van der Waals surface area contributed by atoms with Crippen LogP contribution in [-0.2, 0) is 0 Å². The van der Waals surface area contributed by atoms with E-state index >= 15 is 0 Å². The van der Waals surface area contributed by atoms with Gasteiger partial charge in [0, 0.05) is 18.2 Å². The van der Waals surface area contributed by atoms with Crippen molar-refractivity contribution < 1.29 is 4.90 Å². The quantitative estimate of drug-likeness (QED) is 0.607. The van der Waals surface area contributed by atoms with Crippen molar-refractivity contribution in [2.45, 2.75) is 18.4 Å². The Balaban J connectivity index is 1.97. The van der Waals surface area contributed by atoms with Gasteiger partial charge in [-0.05, 0) is 11.6 Å². The molecule has 1 saturated heterocycles. The van der Waals surface area contributed by atoms with Gasteiger partial charge in [0.2, 0.25) is 0 Å². The van der Waals surface area contributed by atoms with Gasteiger partial charge in [0.05, 0.1) is 26.1 Å². The summed E-state index contributed by atoms with van der Waals surface area (Å²) in [6.07, 6.45) is 1.31. The number of likely N-dealkylation sites (tertiary alicyclic amines) is 1. The number of hydrogen-bond acceptors (Lipinski definition) is 1. The fraction of sp³-hybridized carbons (Fsp3) is 0.500. The second-order valence-electron chi connectivity index (χ2n) is 4.64. The third kappa shape index (κ3) is 1.14. The van der Waals surface area contributed by atoms with Gasteiger partial charge in [0.15, 0.2) is 0 Å². The summed E-state index contributed by atoms with van der Waals surface area (Å²) in [6, 6.07) is 9.48. The molecule has 3 rings (SSSR count). The first-order valence-corrected chi connectivity index (χ1v) is 5.51. The summed E-state index contributed by atoms with van der Waals surface area (Å²) >= 11 is 0. The van der Waals surface area contributed by atoms with E-state index in [0.29, 0.717) is 6.04 Å². The minimum Gasteiger partial charge on any atom is -0.381 e. The predicted molar refractivity (Wildman–Crippen MR) is 57.8 cm³/mol. The van der Waals surface area contributed by atoms with E-state index in [1.165, 1.54) is 30.8 Å². The Labute approximate surface area is 84.9 Å². The van der Waals surface area contributed by atoms with E-state index in [2.05, 4.69) is 36.6 Å². The SMILES string of the molecule is C[NH+]1CC[C@H]2Nc3ccccc3[C@@H]2C1. The highest BCUT2D eigenvalue weighted by molar-refractivity contribution is 5.59. The van der Waals surface area contributed by atoms with E-state index in [4.69, 9.17) is 0 Å². The highest BCUT2D eigenvalue weighted by atomic mass is 15.1. The number of anilines is 1. The largest absolute Gasteiger partial charge is 0.381 e. The van der Waals surface area contributed by atoms with Crippen molar-refractivity contribution in [2.75, 3.05) is 25.5 Å². The first-order chi connectivity index (χ1) is 6.84. The van der Waals surface area contributed by atoms with Gasteiger partial charge in [0.1, 0.15) is 0 Å². The van der Waals surface area contributed by atoms with Crippen LogP contribution >= 0.6 is 0 Å². The van der Waals surface area contributed by atoms with Gasteiger partial charge in [-0.1, -0.05) is 18.2 Å². The van der Waals surface area contributed by atoms with Crippen LogP contribution in [0.4, 0.5) is 5.69 Å². The maximum atomic E-state index is 3.64. The van der Waals surface area contributed by atoms with Crippen molar-refractivity contribution in [1.29, 1.82) is 0 Å². The second-order valence-corrected chi connectivity index (χ2v) is 4.64. The van der Waals surface area contributed by atoms with Crippen molar-refractivity contribution in [3.63, 3.8) is 0 Å². The predicted octanol–water partition coefficient (Wildman–Crippen LogP) is 0.483. The van der Waals surface area contributed by atoms with E-state index < -0.39 is 0 Å². The molecule has 1 unspecified atom stereocenters. The van der Waals surface area contributed by atoms with E-state index in [9.17, 15) is 0 Å². The van der Waals surface area contributed by atoms with E-state index in [-0.39, 0.29) is 0 Å². The molecule has 0 amide bonds. The van der Waals surface area contributed by atoms with Crippen LogP contribution in [0.1, 0.15) is 17.9 Å². The van der Waals surface area contributed by atoms with E-state index in [1.54, 1.807) is 4.90 Å². The average molecular weight is 189 g/mol. The monoisotopic (exact) mass is 189 g/mol. The minimum absolute atomic E-state index is 0.705.